The van der Waals surface area contributed by atoms with E-state index in [1.165, 1.54) is 11.1 Å². The number of rotatable bonds is 7. The summed E-state index contributed by atoms with van der Waals surface area (Å²) in [4.78, 5) is 17.2. The molecule has 1 fully saturated rings. The summed E-state index contributed by atoms with van der Waals surface area (Å²) in [6, 6.07) is 17.4. The van der Waals surface area contributed by atoms with Crippen molar-refractivity contribution in [1.82, 2.24) is 9.80 Å². The van der Waals surface area contributed by atoms with Crippen LogP contribution in [0.1, 0.15) is 27.4 Å². The second-order valence-electron chi connectivity index (χ2n) is 8.31. The number of carbonyl (C=O) groups is 1. The van der Waals surface area contributed by atoms with Gasteiger partial charge in [-0.25, -0.2) is 0 Å². The van der Waals surface area contributed by atoms with Crippen LogP contribution in [-0.4, -0.2) is 55.6 Å². The van der Waals surface area contributed by atoms with E-state index in [4.69, 9.17) is 18.6 Å². The summed E-state index contributed by atoms with van der Waals surface area (Å²) < 4.78 is 22.5. The molecule has 2 aliphatic rings. The highest BCUT2D eigenvalue weighted by Gasteiger charge is 2.25. The van der Waals surface area contributed by atoms with Gasteiger partial charge in [-0.3, -0.25) is 9.69 Å². The molecule has 0 saturated carbocycles. The largest absolute Gasteiger partial charge is 0.493 e. The normalized spacial score (nSPS) is 15.7. The average molecular weight is 449 g/mol. The lowest BCUT2D eigenvalue weighted by Crippen LogP contribution is -2.48. The summed E-state index contributed by atoms with van der Waals surface area (Å²) in [5, 5.41) is 0. The minimum absolute atomic E-state index is 0.0760. The van der Waals surface area contributed by atoms with E-state index >= 15 is 0 Å². The Morgan fingerprint density at radius 1 is 1.00 bits per heavy atom. The fourth-order valence-electron chi connectivity index (χ4n) is 4.32. The van der Waals surface area contributed by atoms with Crippen LogP contribution in [0.3, 0.4) is 0 Å². The maximum absolute atomic E-state index is 12.9. The molecule has 2 aromatic carbocycles. The van der Waals surface area contributed by atoms with Crippen LogP contribution in [0.15, 0.2) is 59.0 Å². The topological polar surface area (TPSA) is 64.4 Å². The molecule has 3 heterocycles. The van der Waals surface area contributed by atoms with Gasteiger partial charge in [0, 0.05) is 39.1 Å². The second kappa shape index (κ2) is 9.58. The minimum atomic E-state index is -0.0760. The van der Waals surface area contributed by atoms with Crippen molar-refractivity contribution in [2.24, 2.45) is 0 Å². The van der Waals surface area contributed by atoms with Crippen LogP contribution in [0, 0.1) is 0 Å². The van der Waals surface area contributed by atoms with Crippen molar-refractivity contribution < 1.29 is 23.4 Å². The number of methoxy groups -OCH3 is 1. The molecule has 0 spiro atoms. The van der Waals surface area contributed by atoms with E-state index in [0.29, 0.717) is 36.1 Å². The smallest absolute Gasteiger partial charge is 0.289 e. The molecule has 0 radical (unpaired) electrons. The predicted octanol–water partition coefficient (Wildman–Crippen LogP) is 3.76. The van der Waals surface area contributed by atoms with Gasteiger partial charge in [-0.2, -0.15) is 0 Å². The standard InChI is InChI=1S/C26H28N2O5/c1-30-23-4-2-3-5-24(23)32-18-21-7-9-25(33-21)26(29)28-13-11-27(12-14-28)17-19-6-8-22-20(16-19)10-15-31-22/h2-9,16H,10-15,17-18H2,1H3. The fraction of sp³-hybridized carbons (Fsp3) is 0.346. The molecule has 7 heteroatoms. The van der Waals surface area contributed by atoms with Gasteiger partial charge >= 0.3 is 0 Å². The first-order valence-electron chi connectivity index (χ1n) is 11.3. The first kappa shape index (κ1) is 21.4. The Kier molecular flexibility index (Phi) is 6.21. The van der Waals surface area contributed by atoms with Gasteiger partial charge in [0.2, 0.25) is 0 Å². The highest BCUT2D eigenvalue weighted by molar-refractivity contribution is 5.91. The first-order chi connectivity index (χ1) is 16.2. The van der Waals surface area contributed by atoms with E-state index in [1.54, 1.807) is 19.2 Å². The number of ether oxygens (including phenoxy) is 3. The number of para-hydroxylation sites is 2. The van der Waals surface area contributed by atoms with Gasteiger partial charge < -0.3 is 23.5 Å². The van der Waals surface area contributed by atoms with Crippen LogP contribution >= 0.6 is 0 Å². The van der Waals surface area contributed by atoms with E-state index < -0.39 is 0 Å². The molecule has 0 aliphatic carbocycles. The summed E-state index contributed by atoms with van der Waals surface area (Å²) in [5.74, 6) is 3.18. The Morgan fingerprint density at radius 2 is 1.82 bits per heavy atom. The van der Waals surface area contributed by atoms with E-state index in [1.807, 2.05) is 29.2 Å². The fourth-order valence-corrected chi connectivity index (χ4v) is 4.32. The molecule has 2 aliphatic heterocycles. The van der Waals surface area contributed by atoms with E-state index in [0.717, 1.165) is 38.4 Å². The van der Waals surface area contributed by atoms with Crippen molar-refractivity contribution >= 4 is 5.91 Å². The molecule has 0 bridgehead atoms. The van der Waals surface area contributed by atoms with Crippen molar-refractivity contribution in [2.75, 3.05) is 39.9 Å². The molecular formula is C26H28N2O5. The third kappa shape index (κ3) is 4.83. The Morgan fingerprint density at radius 3 is 2.64 bits per heavy atom. The van der Waals surface area contributed by atoms with E-state index in [2.05, 4.69) is 23.1 Å². The number of furan rings is 1. The maximum atomic E-state index is 12.9. The highest BCUT2D eigenvalue weighted by Crippen LogP contribution is 2.28. The van der Waals surface area contributed by atoms with Gasteiger partial charge in [0.1, 0.15) is 18.1 Å². The van der Waals surface area contributed by atoms with Gasteiger partial charge in [-0.05, 0) is 41.5 Å². The van der Waals surface area contributed by atoms with Crippen molar-refractivity contribution in [1.29, 1.82) is 0 Å². The van der Waals surface area contributed by atoms with Gasteiger partial charge in [0.15, 0.2) is 17.3 Å². The minimum Gasteiger partial charge on any atom is -0.493 e. The molecule has 3 aromatic rings. The monoisotopic (exact) mass is 448 g/mol. The van der Waals surface area contributed by atoms with Crippen LogP contribution in [0.25, 0.3) is 0 Å². The number of piperazine rings is 1. The summed E-state index contributed by atoms with van der Waals surface area (Å²) in [7, 11) is 1.60. The third-order valence-electron chi connectivity index (χ3n) is 6.13. The number of hydrogen-bond acceptors (Lipinski definition) is 6. The summed E-state index contributed by atoms with van der Waals surface area (Å²) >= 11 is 0. The lowest BCUT2D eigenvalue weighted by atomic mass is 10.1. The molecule has 5 rings (SSSR count). The number of fused-ring (bicyclic) bond motifs is 1. The number of nitrogens with zero attached hydrogens (tertiary/aromatic N) is 2. The van der Waals surface area contributed by atoms with E-state index in [-0.39, 0.29) is 12.5 Å². The number of benzene rings is 2. The molecular weight excluding hydrogens is 420 g/mol. The summed E-state index contributed by atoms with van der Waals surface area (Å²) in [6.07, 6.45) is 0.987. The van der Waals surface area contributed by atoms with Gasteiger partial charge in [-0.15, -0.1) is 0 Å². The highest BCUT2D eigenvalue weighted by atomic mass is 16.5. The van der Waals surface area contributed by atoms with E-state index in [9.17, 15) is 4.79 Å². The van der Waals surface area contributed by atoms with Crippen molar-refractivity contribution in [3.8, 4) is 17.2 Å². The molecule has 1 amide bonds. The van der Waals surface area contributed by atoms with Gasteiger partial charge in [-0.1, -0.05) is 24.3 Å². The third-order valence-corrected chi connectivity index (χ3v) is 6.13. The lowest BCUT2D eigenvalue weighted by molar-refractivity contribution is 0.0594. The molecule has 0 N–H and O–H groups in total. The SMILES string of the molecule is COc1ccccc1OCc1ccc(C(=O)N2CCN(Cc3ccc4c(c3)CCO4)CC2)o1. The molecule has 0 atom stereocenters. The Balaban J connectivity index is 1.12. The van der Waals surface area contributed by atoms with Crippen LogP contribution in [-0.2, 0) is 19.6 Å². The molecule has 33 heavy (non-hydrogen) atoms. The second-order valence-corrected chi connectivity index (χ2v) is 8.31. The molecule has 1 aromatic heterocycles. The van der Waals surface area contributed by atoms with Crippen molar-refractivity contribution in [3.63, 3.8) is 0 Å². The van der Waals surface area contributed by atoms with Gasteiger partial charge in [0.25, 0.3) is 5.91 Å². The lowest BCUT2D eigenvalue weighted by Gasteiger charge is -2.34. The zero-order chi connectivity index (χ0) is 22.6. The molecule has 172 valence electrons. The zero-order valence-corrected chi connectivity index (χ0v) is 18.8. The average Bonchev–Trinajstić information content (AvgIpc) is 3.52. The Bertz CT molecular complexity index is 1120. The van der Waals surface area contributed by atoms with Gasteiger partial charge in [0.05, 0.1) is 13.7 Å². The number of carbonyl (C=O) groups excluding carboxylic acids is 1. The van der Waals surface area contributed by atoms with Crippen molar-refractivity contribution in [3.05, 3.63) is 77.2 Å². The summed E-state index contributed by atoms with van der Waals surface area (Å²) in [5.41, 5.74) is 2.59. The van der Waals surface area contributed by atoms with Crippen LogP contribution in [0.2, 0.25) is 0 Å². The zero-order valence-electron chi connectivity index (χ0n) is 18.8. The van der Waals surface area contributed by atoms with Crippen LogP contribution < -0.4 is 14.2 Å². The van der Waals surface area contributed by atoms with Crippen LogP contribution in [0.4, 0.5) is 0 Å². The number of amides is 1. The molecule has 7 nitrogen and oxygen atoms in total. The molecule has 0 unspecified atom stereocenters. The van der Waals surface area contributed by atoms with Crippen molar-refractivity contribution in [2.45, 2.75) is 19.6 Å². The number of hydrogen-bond donors (Lipinski definition) is 0. The first-order valence-corrected chi connectivity index (χ1v) is 11.3. The maximum Gasteiger partial charge on any atom is 0.289 e. The Labute approximate surface area is 193 Å². The quantitative estimate of drug-likeness (QED) is 0.549. The Hall–Kier alpha value is -3.45. The molecule has 1 saturated heterocycles. The predicted molar refractivity (Wildman–Crippen MR) is 123 cm³/mol. The summed E-state index contributed by atoms with van der Waals surface area (Å²) in [6.45, 7) is 4.93. The van der Waals surface area contributed by atoms with Crippen LogP contribution in [0.5, 0.6) is 17.2 Å².